The standard InChI is InChI=1S/C18H19N5O3/c1-12-16(18(26)22(2)11-5-9-15(24)25)20-21-23(12)14-8-3-6-13-7-4-10-19-17(13)14/h3-4,6-8,10H,5,9,11H2,1-2H3,(H,24,25). The normalized spacial score (nSPS) is 10.8. The van der Waals surface area contributed by atoms with Gasteiger partial charge in [0.2, 0.25) is 0 Å². The van der Waals surface area contributed by atoms with Crippen molar-refractivity contribution in [1.29, 1.82) is 0 Å². The third kappa shape index (κ3) is 3.39. The average molecular weight is 353 g/mol. The number of carbonyl (C=O) groups is 2. The zero-order valence-corrected chi connectivity index (χ0v) is 14.6. The van der Waals surface area contributed by atoms with Crippen LogP contribution in [0.15, 0.2) is 36.5 Å². The van der Waals surface area contributed by atoms with E-state index in [1.807, 2.05) is 30.3 Å². The van der Waals surface area contributed by atoms with Crippen molar-refractivity contribution in [3.8, 4) is 5.69 Å². The van der Waals surface area contributed by atoms with Crippen LogP contribution >= 0.6 is 0 Å². The third-order valence-corrected chi connectivity index (χ3v) is 4.17. The molecule has 134 valence electrons. The predicted molar refractivity (Wildman–Crippen MR) is 95.2 cm³/mol. The van der Waals surface area contributed by atoms with Crippen LogP contribution in [-0.4, -0.2) is 55.5 Å². The minimum Gasteiger partial charge on any atom is -0.481 e. The van der Waals surface area contributed by atoms with Crippen LogP contribution in [0.3, 0.4) is 0 Å². The number of benzene rings is 1. The summed E-state index contributed by atoms with van der Waals surface area (Å²) in [6.45, 7) is 2.12. The Morgan fingerprint density at radius 3 is 2.77 bits per heavy atom. The molecule has 0 saturated carbocycles. The van der Waals surface area contributed by atoms with Crippen molar-refractivity contribution in [2.75, 3.05) is 13.6 Å². The summed E-state index contributed by atoms with van der Waals surface area (Å²) in [4.78, 5) is 29.1. The first-order valence-electron chi connectivity index (χ1n) is 8.22. The van der Waals surface area contributed by atoms with E-state index in [9.17, 15) is 9.59 Å². The van der Waals surface area contributed by atoms with Gasteiger partial charge < -0.3 is 10.0 Å². The molecule has 3 aromatic rings. The maximum atomic E-state index is 12.6. The third-order valence-electron chi connectivity index (χ3n) is 4.17. The van der Waals surface area contributed by atoms with E-state index < -0.39 is 5.97 Å². The Balaban J connectivity index is 1.88. The monoisotopic (exact) mass is 353 g/mol. The number of amides is 1. The summed E-state index contributed by atoms with van der Waals surface area (Å²) in [5.74, 6) is -1.16. The van der Waals surface area contributed by atoms with E-state index in [1.54, 1.807) is 24.9 Å². The highest BCUT2D eigenvalue weighted by molar-refractivity contribution is 5.93. The zero-order chi connectivity index (χ0) is 18.7. The number of hydrogen-bond donors (Lipinski definition) is 1. The van der Waals surface area contributed by atoms with Crippen molar-refractivity contribution in [1.82, 2.24) is 24.9 Å². The Morgan fingerprint density at radius 2 is 2.00 bits per heavy atom. The van der Waals surface area contributed by atoms with Gasteiger partial charge in [0, 0.05) is 31.6 Å². The molecule has 1 amide bonds. The molecule has 0 fully saturated rings. The van der Waals surface area contributed by atoms with Gasteiger partial charge in [-0.05, 0) is 25.5 Å². The van der Waals surface area contributed by atoms with Crippen LogP contribution in [0.25, 0.3) is 16.6 Å². The highest BCUT2D eigenvalue weighted by atomic mass is 16.4. The van der Waals surface area contributed by atoms with E-state index in [0.29, 0.717) is 18.7 Å². The highest BCUT2D eigenvalue weighted by Crippen LogP contribution is 2.21. The molecule has 1 N–H and O–H groups in total. The van der Waals surface area contributed by atoms with E-state index in [-0.39, 0.29) is 18.0 Å². The number of carbonyl (C=O) groups excluding carboxylic acids is 1. The second-order valence-electron chi connectivity index (χ2n) is 6.01. The number of aliphatic carboxylic acids is 1. The molecule has 0 unspecified atom stereocenters. The van der Waals surface area contributed by atoms with Gasteiger partial charge in [-0.25, -0.2) is 4.68 Å². The van der Waals surface area contributed by atoms with Gasteiger partial charge in [0.05, 0.1) is 16.9 Å². The summed E-state index contributed by atoms with van der Waals surface area (Å²) in [6.07, 6.45) is 2.11. The SMILES string of the molecule is Cc1c(C(=O)N(C)CCCC(=O)O)nnn1-c1cccc2cccnc12. The van der Waals surface area contributed by atoms with Crippen molar-refractivity contribution < 1.29 is 14.7 Å². The largest absolute Gasteiger partial charge is 0.481 e. The van der Waals surface area contributed by atoms with E-state index in [2.05, 4.69) is 15.3 Å². The Kier molecular flexibility index (Phi) is 4.92. The molecule has 2 aromatic heterocycles. The Morgan fingerprint density at radius 1 is 1.23 bits per heavy atom. The van der Waals surface area contributed by atoms with Crippen LogP contribution in [0.1, 0.15) is 29.0 Å². The molecule has 0 aliphatic heterocycles. The molecule has 1 aromatic carbocycles. The molecule has 8 heteroatoms. The van der Waals surface area contributed by atoms with Crippen LogP contribution in [0, 0.1) is 6.92 Å². The molecular weight excluding hydrogens is 334 g/mol. The number of nitrogens with zero attached hydrogens (tertiary/aromatic N) is 5. The van der Waals surface area contributed by atoms with Crippen LogP contribution < -0.4 is 0 Å². The number of hydrogen-bond acceptors (Lipinski definition) is 5. The first-order chi connectivity index (χ1) is 12.5. The number of carboxylic acids is 1. The lowest BCUT2D eigenvalue weighted by Gasteiger charge is -2.15. The van der Waals surface area contributed by atoms with Crippen LogP contribution in [0.5, 0.6) is 0 Å². The van der Waals surface area contributed by atoms with Crippen LogP contribution in [0.4, 0.5) is 0 Å². The number of aromatic nitrogens is 4. The second-order valence-corrected chi connectivity index (χ2v) is 6.01. The average Bonchev–Trinajstić information content (AvgIpc) is 3.01. The van der Waals surface area contributed by atoms with E-state index >= 15 is 0 Å². The molecule has 0 aliphatic rings. The topological polar surface area (TPSA) is 101 Å². The first kappa shape index (κ1) is 17.5. The molecule has 0 saturated heterocycles. The molecule has 26 heavy (non-hydrogen) atoms. The van der Waals surface area contributed by atoms with Crippen molar-refractivity contribution in [3.63, 3.8) is 0 Å². The minimum atomic E-state index is -0.878. The van der Waals surface area contributed by atoms with Gasteiger partial charge in [-0.1, -0.05) is 23.4 Å². The summed E-state index contributed by atoms with van der Waals surface area (Å²) in [5, 5.41) is 17.9. The Hall–Kier alpha value is -3.29. The van der Waals surface area contributed by atoms with Gasteiger partial charge in [-0.15, -0.1) is 5.10 Å². The van der Waals surface area contributed by atoms with Gasteiger partial charge in [0.25, 0.3) is 5.91 Å². The van der Waals surface area contributed by atoms with Crippen LogP contribution in [-0.2, 0) is 4.79 Å². The van der Waals surface area contributed by atoms with Crippen LogP contribution in [0.2, 0.25) is 0 Å². The number of pyridine rings is 1. The Bertz CT molecular complexity index is 961. The number of para-hydroxylation sites is 1. The fourth-order valence-electron chi connectivity index (χ4n) is 2.76. The zero-order valence-electron chi connectivity index (χ0n) is 14.6. The van der Waals surface area contributed by atoms with E-state index in [0.717, 1.165) is 16.6 Å². The molecule has 0 atom stereocenters. The van der Waals surface area contributed by atoms with Gasteiger partial charge in [-0.2, -0.15) is 0 Å². The smallest absolute Gasteiger partial charge is 0.303 e. The fourth-order valence-corrected chi connectivity index (χ4v) is 2.76. The maximum Gasteiger partial charge on any atom is 0.303 e. The van der Waals surface area contributed by atoms with Gasteiger partial charge in [0.1, 0.15) is 0 Å². The highest BCUT2D eigenvalue weighted by Gasteiger charge is 2.21. The van der Waals surface area contributed by atoms with Crippen molar-refractivity contribution in [3.05, 3.63) is 47.9 Å². The van der Waals surface area contributed by atoms with Gasteiger partial charge in [0.15, 0.2) is 5.69 Å². The lowest BCUT2D eigenvalue weighted by atomic mass is 10.2. The molecule has 0 bridgehead atoms. The summed E-state index contributed by atoms with van der Waals surface area (Å²) in [7, 11) is 1.63. The summed E-state index contributed by atoms with van der Waals surface area (Å²) in [5.41, 5.74) is 2.38. The lowest BCUT2D eigenvalue weighted by molar-refractivity contribution is -0.137. The summed E-state index contributed by atoms with van der Waals surface area (Å²) < 4.78 is 1.60. The molecule has 8 nitrogen and oxygen atoms in total. The summed E-state index contributed by atoms with van der Waals surface area (Å²) >= 11 is 0. The molecule has 0 radical (unpaired) electrons. The molecular formula is C18H19N5O3. The maximum absolute atomic E-state index is 12.6. The second kappa shape index (κ2) is 7.30. The van der Waals surface area contributed by atoms with Gasteiger partial charge in [-0.3, -0.25) is 14.6 Å². The minimum absolute atomic E-state index is 0.0188. The molecule has 0 aliphatic carbocycles. The molecule has 0 spiro atoms. The predicted octanol–water partition coefficient (Wildman–Crippen LogP) is 2.06. The lowest BCUT2D eigenvalue weighted by Crippen LogP contribution is -2.29. The fraction of sp³-hybridized carbons (Fsp3) is 0.278. The van der Waals surface area contributed by atoms with Crippen molar-refractivity contribution in [2.24, 2.45) is 0 Å². The van der Waals surface area contributed by atoms with Crippen molar-refractivity contribution >= 4 is 22.8 Å². The number of rotatable bonds is 6. The van der Waals surface area contributed by atoms with Crippen molar-refractivity contribution in [2.45, 2.75) is 19.8 Å². The first-order valence-corrected chi connectivity index (χ1v) is 8.22. The molecule has 2 heterocycles. The van der Waals surface area contributed by atoms with Gasteiger partial charge >= 0.3 is 5.97 Å². The quantitative estimate of drug-likeness (QED) is 0.728. The Labute approximate surface area is 150 Å². The number of carboxylic acid groups (broad SMARTS) is 1. The number of fused-ring (bicyclic) bond motifs is 1. The molecule has 3 rings (SSSR count). The van der Waals surface area contributed by atoms with E-state index in [1.165, 1.54) is 4.90 Å². The van der Waals surface area contributed by atoms with E-state index in [4.69, 9.17) is 5.11 Å². The summed E-state index contributed by atoms with van der Waals surface area (Å²) in [6, 6.07) is 9.56.